The average Bonchev–Trinajstić information content (AvgIpc) is 1.78. The van der Waals surface area contributed by atoms with E-state index in [1.54, 1.807) is 0 Å². The minimum atomic E-state index is 0. The molecule has 0 rings (SSSR count). The molecule has 0 atom stereocenters. The van der Waals surface area contributed by atoms with E-state index in [4.69, 9.17) is 21.0 Å². The fraction of sp³-hybridized carbons (Fsp3) is 0. The van der Waals surface area contributed by atoms with Crippen LogP contribution in [0.1, 0.15) is 0 Å². The molecular formula is C3H5FeN2O2. The van der Waals surface area contributed by atoms with Gasteiger partial charge in [-0.05, 0) is 0 Å². The monoisotopic (exact) mass is 157 g/mol. The smallest absolute Gasteiger partial charge is 0.577 e. The van der Waals surface area contributed by atoms with E-state index in [1.165, 1.54) is 6.08 Å². The summed E-state index contributed by atoms with van der Waals surface area (Å²) in [5.41, 5.74) is 11.5. The number of nitrogens with zero attached hydrogens (tertiary/aromatic N) is 2. The molecule has 0 aromatic rings. The molecule has 0 aliphatic rings. The molecule has 0 unspecified atom stereocenters. The number of hydrogen-bond acceptors (Lipinski definition) is 2. The van der Waals surface area contributed by atoms with E-state index in [0.29, 0.717) is 0 Å². The molecule has 4 nitrogen and oxygen atoms in total. The van der Waals surface area contributed by atoms with Crippen LogP contribution in [0.3, 0.4) is 0 Å². The molecule has 1 radical (unpaired) electrons. The molecule has 0 saturated heterocycles. The Balaban J connectivity index is -0.0000000147. The Bertz CT molecular complexity index is 34.5. The molecule has 0 aliphatic carbocycles. The standard InChI is InChI=1S/C3H5.Fe.2NO/c1-3-2;;2*1-2/h3H,1-2H2;;;/q-1;+3;2*-1. The van der Waals surface area contributed by atoms with Crippen molar-refractivity contribution in [2.75, 3.05) is 0 Å². The second-order valence-electron chi connectivity index (χ2n) is 0.289. The van der Waals surface area contributed by atoms with Crippen LogP contribution in [-0.2, 0) is 17.1 Å². The van der Waals surface area contributed by atoms with Gasteiger partial charge in [0.25, 0.3) is 0 Å². The minimum Gasteiger partial charge on any atom is -0.577 e. The zero-order chi connectivity index (χ0) is 6.71. The summed E-state index contributed by atoms with van der Waals surface area (Å²) in [5, 5.41) is 0. The van der Waals surface area contributed by atoms with E-state index in [2.05, 4.69) is 13.5 Å². The van der Waals surface area contributed by atoms with Gasteiger partial charge in [0.2, 0.25) is 0 Å². The first-order valence-electron chi connectivity index (χ1n) is 1.18. The predicted octanol–water partition coefficient (Wildman–Crippen LogP) is 1.65. The summed E-state index contributed by atoms with van der Waals surface area (Å²) in [5.74, 6) is 0. The number of rotatable bonds is 0. The van der Waals surface area contributed by atoms with Crippen molar-refractivity contribution in [1.82, 2.24) is 0 Å². The molecule has 0 amide bonds. The van der Waals surface area contributed by atoms with E-state index < -0.39 is 0 Å². The zero-order valence-electron chi connectivity index (χ0n) is 4.06. The van der Waals surface area contributed by atoms with Crippen molar-refractivity contribution in [1.29, 1.82) is 0 Å². The van der Waals surface area contributed by atoms with Crippen LogP contribution in [-0.4, -0.2) is 0 Å². The maximum Gasteiger partial charge on any atom is 3.00 e. The van der Waals surface area contributed by atoms with Gasteiger partial charge in [-0.2, -0.15) is 0 Å². The summed E-state index contributed by atoms with van der Waals surface area (Å²) < 4.78 is 0. The third-order valence-electron chi connectivity index (χ3n) is 0. The molecule has 47 valence electrons. The first-order valence-corrected chi connectivity index (χ1v) is 1.18. The Morgan fingerprint density at radius 2 is 1.25 bits per heavy atom. The average molecular weight is 157 g/mol. The molecule has 0 aliphatic heterocycles. The third-order valence-corrected chi connectivity index (χ3v) is 0. The van der Waals surface area contributed by atoms with Crippen molar-refractivity contribution >= 4 is 0 Å². The van der Waals surface area contributed by atoms with Gasteiger partial charge < -0.3 is 21.0 Å². The minimum absolute atomic E-state index is 0. The van der Waals surface area contributed by atoms with Gasteiger partial charge in [-0.3, -0.25) is 0 Å². The summed E-state index contributed by atoms with van der Waals surface area (Å²) in [6, 6.07) is 0. The molecule has 0 bridgehead atoms. The molecule has 0 fully saturated rings. The van der Waals surface area contributed by atoms with Crippen LogP contribution in [0.25, 0.3) is 11.2 Å². The van der Waals surface area contributed by atoms with E-state index >= 15 is 0 Å². The Hall–Kier alpha value is -0.671. The van der Waals surface area contributed by atoms with Crippen molar-refractivity contribution in [3.05, 3.63) is 40.6 Å². The summed E-state index contributed by atoms with van der Waals surface area (Å²) in [7, 11) is 0. The number of hydrogen-bond donors (Lipinski definition) is 0. The second-order valence-corrected chi connectivity index (χ2v) is 0.289. The predicted molar refractivity (Wildman–Crippen MR) is 29.0 cm³/mol. The largest absolute Gasteiger partial charge is 3.00 e. The molecule has 8 heavy (non-hydrogen) atoms. The molecule has 0 aromatic heterocycles. The summed E-state index contributed by atoms with van der Waals surface area (Å²) >= 11 is 0. The topological polar surface area (TPSA) is 78.7 Å². The van der Waals surface area contributed by atoms with E-state index in [0.717, 1.165) is 0 Å². The van der Waals surface area contributed by atoms with Crippen LogP contribution in [0.5, 0.6) is 0 Å². The van der Waals surface area contributed by atoms with Gasteiger partial charge in [0.1, 0.15) is 0 Å². The van der Waals surface area contributed by atoms with Gasteiger partial charge in [0, 0.05) is 0 Å². The summed E-state index contributed by atoms with van der Waals surface area (Å²) in [6.07, 6.45) is 1.50. The van der Waals surface area contributed by atoms with Crippen molar-refractivity contribution < 1.29 is 17.1 Å². The van der Waals surface area contributed by atoms with E-state index in [1.807, 2.05) is 0 Å². The number of allylic oxidation sites excluding steroid dienone is 1. The SMILES string of the molecule is C=C[CH2-].[Fe+3].[N-]=O.[N-]=O. The van der Waals surface area contributed by atoms with Gasteiger partial charge in [0.05, 0.1) is 0 Å². The first-order chi connectivity index (χ1) is 3.41. The van der Waals surface area contributed by atoms with Crippen LogP contribution in [0, 0.1) is 16.7 Å². The van der Waals surface area contributed by atoms with Crippen LogP contribution in [0.15, 0.2) is 12.7 Å². The van der Waals surface area contributed by atoms with E-state index in [-0.39, 0.29) is 17.1 Å². The normalized spacial score (nSPS) is 2.50. The van der Waals surface area contributed by atoms with Crippen LogP contribution >= 0.6 is 0 Å². The van der Waals surface area contributed by atoms with Gasteiger partial charge >= 0.3 is 17.1 Å². The molecule has 0 saturated carbocycles. The fourth-order valence-corrected chi connectivity index (χ4v) is 0. The van der Waals surface area contributed by atoms with Crippen molar-refractivity contribution in [2.45, 2.75) is 0 Å². The van der Waals surface area contributed by atoms with E-state index in [9.17, 15) is 0 Å². The van der Waals surface area contributed by atoms with Gasteiger partial charge in [-0.1, -0.05) is 0 Å². The molecule has 0 spiro atoms. The third kappa shape index (κ3) is 222. The van der Waals surface area contributed by atoms with Crippen molar-refractivity contribution in [3.63, 3.8) is 0 Å². The van der Waals surface area contributed by atoms with Gasteiger partial charge in [-0.15, -0.1) is 0 Å². The van der Waals surface area contributed by atoms with Crippen molar-refractivity contribution in [3.8, 4) is 0 Å². The Morgan fingerprint density at radius 3 is 1.25 bits per heavy atom. The van der Waals surface area contributed by atoms with Crippen molar-refractivity contribution in [2.24, 2.45) is 0 Å². The molecular weight excluding hydrogens is 152 g/mol. The quantitative estimate of drug-likeness (QED) is 0.395. The van der Waals surface area contributed by atoms with Gasteiger partial charge in [-0.25, -0.2) is 19.6 Å². The first kappa shape index (κ1) is 26.5. The van der Waals surface area contributed by atoms with Crippen LogP contribution in [0.2, 0.25) is 0 Å². The molecule has 0 aromatic carbocycles. The Labute approximate surface area is 58.4 Å². The second kappa shape index (κ2) is 1660. The van der Waals surface area contributed by atoms with Gasteiger partial charge in [0.15, 0.2) is 0 Å². The summed E-state index contributed by atoms with van der Waals surface area (Å²) in [4.78, 5) is 14.5. The van der Waals surface area contributed by atoms with Crippen LogP contribution in [0.4, 0.5) is 0 Å². The zero-order valence-corrected chi connectivity index (χ0v) is 5.16. The fourth-order valence-electron chi connectivity index (χ4n) is 0. The molecule has 5 heteroatoms. The van der Waals surface area contributed by atoms with Crippen LogP contribution < -0.4 is 0 Å². The maximum atomic E-state index is 7.25. The molecule has 0 N–H and O–H groups in total. The summed E-state index contributed by atoms with van der Waals surface area (Å²) in [6.45, 7) is 6.50. The Kier molecular flexibility index (Phi) is 5480. The maximum absolute atomic E-state index is 7.25. The molecule has 0 heterocycles. The Morgan fingerprint density at radius 1 is 1.25 bits per heavy atom. The number of nitroso groups, excluding NO2 is 2.